The molecule has 0 amide bonds. The molecule has 7 heteroatoms. The lowest BCUT2D eigenvalue weighted by Crippen LogP contribution is -2.44. The van der Waals surface area contributed by atoms with E-state index in [0.29, 0.717) is 28.4 Å². The Morgan fingerprint density at radius 2 is 1.69 bits per heavy atom. The number of halogens is 1. The van der Waals surface area contributed by atoms with Crippen LogP contribution in [0.3, 0.4) is 0 Å². The third-order valence-corrected chi connectivity index (χ3v) is 6.90. The number of hydrogen-bond donors (Lipinski definition) is 1. The third-order valence-electron chi connectivity index (χ3n) is 6.31. The molecule has 35 heavy (non-hydrogen) atoms. The fourth-order valence-corrected chi connectivity index (χ4v) is 4.77. The summed E-state index contributed by atoms with van der Waals surface area (Å²) < 4.78 is 17.4. The first-order valence-electron chi connectivity index (χ1n) is 11.7. The van der Waals surface area contributed by atoms with Crippen molar-refractivity contribution in [2.24, 2.45) is 0 Å². The molecule has 4 rings (SSSR count). The van der Waals surface area contributed by atoms with Crippen LogP contribution < -0.4 is 19.5 Å². The average Bonchev–Trinajstić information content (AvgIpc) is 2.87. The maximum atomic E-state index is 6.29. The summed E-state index contributed by atoms with van der Waals surface area (Å²) in [7, 11) is 3.31. The van der Waals surface area contributed by atoms with Crippen molar-refractivity contribution >= 4 is 34.6 Å². The second-order valence-electron chi connectivity index (χ2n) is 8.84. The fourth-order valence-electron chi connectivity index (χ4n) is 4.30. The van der Waals surface area contributed by atoms with Gasteiger partial charge < -0.3 is 24.4 Å². The van der Waals surface area contributed by atoms with Gasteiger partial charge in [0.05, 0.1) is 20.3 Å². The Hall–Kier alpha value is -2.96. The number of benzene rings is 3. The van der Waals surface area contributed by atoms with Crippen molar-refractivity contribution in [3.05, 3.63) is 82.4 Å². The molecule has 0 bridgehead atoms. The number of anilines is 1. The van der Waals surface area contributed by atoms with E-state index in [1.165, 1.54) is 11.1 Å². The Morgan fingerprint density at radius 1 is 1.03 bits per heavy atom. The standard InChI is InChI=1S/C28H31ClN2O3S/c1-18(2)19-5-11-23(12-6-19)34-17-25-24-16-27(33-4)26(32-3)15-20(24)13-14-31(25)28(35)30-22-9-7-21(29)8-10-22/h5-12,15-16,18,25H,13-14,17H2,1-4H3,(H,30,35). The molecule has 1 N–H and O–H groups in total. The number of thiocarbonyl (C=S) groups is 1. The SMILES string of the molecule is COc1cc2c(cc1OC)C(COc1ccc(C(C)C)cc1)N(C(=S)Nc1ccc(Cl)cc1)CC2. The second-order valence-corrected chi connectivity index (χ2v) is 9.66. The van der Waals surface area contributed by atoms with Gasteiger partial charge in [0.2, 0.25) is 0 Å². The predicted octanol–water partition coefficient (Wildman–Crippen LogP) is 6.86. The molecule has 3 aromatic carbocycles. The molecule has 0 fully saturated rings. The Morgan fingerprint density at radius 3 is 2.31 bits per heavy atom. The molecule has 1 aliphatic rings. The first-order valence-corrected chi connectivity index (χ1v) is 12.5. The van der Waals surface area contributed by atoms with Gasteiger partial charge in [0, 0.05) is 17.3 Å². The molecule has 0 saturated heterocycles. The van der Waals surface area contributed by atoms with E-state index in [2.05, 4.69) is 42.3 Å². The van der Waals surface area contributed by atoms with Crippen LogP contribution in [0.5, 0.6) is 17.2 Å². The summed E-state index contributed by atoms with van der Waals surface area (Å²) in [5, 5.41) is 4.68. The van der Waals surface area contributed by atoms with Crippen LogP contribution in [-0.4, -0.2) is 37.4 Å². The zero-order chi connectivity index (χ0) is 24.9. The predicted molar refractivity (Wildman–Crippen MR) is 146 cm³/mol. The molecular weight excluding hydrogens is 480 g/mol. The minimum Gasteiger partial charge on any atom is -0.493 e. The van der Waals surface area contributed by atoms with E-state index in [0.717, 1.165) is 35.7 Å². The molecule has 1 aliphatic heterocycles. The van der Waals surface area contributed by atoms with E-state index < -0.39 is 0 Å². The van der Waals surface area contributed by atoms with Crippen molar-refractivity contribution < 1.29 is 14.2 Å². The Balaban J connectivity index is 1.62. The lowest BCUT2D eigenvalue weighted by atomic mass is 9.92. The van der Waals surface area contributed by atoms with Crippen molar-refractivity contribution in [3.63, 3.8) is 0 Å². The van der Waals surface area contributed by atoms with E-state index >= 15 is 0 Å². The van der Waals surface area contributed by atoms with Crippen molar-refractivity contribution in [2.75, 3.05) is 32.7 Å². The van der Waals surface area contributed by atoms with Crippen LogP contribution in [0.1, 0.15) is 42.5 Å². The molecule has 1 unspecified atom stereocenters. The summed E-state index contributed by atoms with van der Waals surface area (Å²) in [6.45, 7) is 5.56. The monoisotopic (exact) mass is 510 g/mol. The number of hydrogen-bond acceptors (Lipinski definition) is 4. The van der Waals surface area contributed by atoms with Gasteiger partial charge >= 0.3 is 0 Å². The highest BCUT2D eigenvalue weighted by Gasteiger charge is 2.31. The van der Waals surface area contributed by atoms with E-state index in [1.807, 2.05) is 42.5 Å². The van der Waals surface area contributed by atoms with Crippen LogP contribution in [0.25, 0.3) is 0 Å². The summed E-state index contributed by atoms with van der Waals surface area (Å²) in [6.07, 6.45) is 0.831. The van der Waals surface area contributed by atoms with Crippen LogP contribution in [-0.2, 0) is 6.42 Å². The first kappa shape index (κ1) is 25.1. The quantitative estimate of drug-likeness (QED) is 0.350. The van der Waals surface area contributed by atoms with Crippen molar-refractivity contribution in [2.45, 2.75) is 32.2 Å². The van der Waals surface area contributed by atoms with Crippen molar-refractivity contribution in [1.29, 1.82) is 0 Å². The van der Waals surface area contributed by atoms with Crippen LogP contribution in [0.2, 0.25) is 5.02 Å². The third kappa shape index (κ3) is 5.82. The van der Waals surface area contributed by atoms with E-state index in [-0.39, 0.29) is 6.04 Å². The highest BCUT2D eigenvalue weighted by atomic mass is 35.5. The zero-order valence-electron chi connectivity index (χ0n) is 20.5. The number of nitrogens with zero attached hydrogens (tertiary/aromatic N) is 1. The molecule has 0 radical (unpaired) electrons. The second kappa shape index (κ2) is 11.2. The Labute approximate surface area is 218 Å². The molecule has 5 nitrogen and oxygen atoms in total. The van der Waals surface area contributed by atoms with Crippen molar-refractivity contribution in [1.82, 2.24) is 4.90 Å². The number of nitrogens with one attached hydrogen (secondary N) is 1. The summed E-state index contributed by atoms with van der Waals surface area (Å²) >= 11 is 11.9. The summed E-state index contributed by atoms with van der Waals surface area (Å²) in [6, 6.07) is 19.8. The first-order chi connectivity index (χ1) is 16.9. The van der Waals surface area contributed by atoms with Gasteiger partial charge in [-0.1, -0.05) is 37.6 Å². The van der Waals surface area contributed by atoms with Crippen LogP contribution >= 0.6 is 23.8 Å². The van der Waals surface area contributed by atoms with Crippen LogP contribution in [0, 0.1) is 0 Å². The molecule has 1 atom stereocenters. The van der Waals surface area contributed by atoms with Gasteiger partial charge in [-0.2, -0.15) is 0 Å². The van der Waals surface area contributed by atoms with E-state index in [1.54, 1.807) is 14.2 Å². The van der Waals surface area contributed by atoms with Gasteiger partial charge in [0.1, 0.15) is 12.4 Å². The topological polar surface area (TPSA) is 43.0 Å². The fraction of sp³-hybridized carbons (Fsp3) is 0.321. The zero-order valence-corrected chi connectivity index (χ0v) is 22.1. The molecule has 0 spiro atoms. The van der Waals surface area contributed by atoms with Gasteiger partial charge in [0.15, 0.2) is 16.6 Å². The molecule has 0 aromatic heterocycles. The number of rotatable bonds is 7. The Kier molecular flexibility index (Phi) is 8.04. The number of methoxy groups -OCH3 is 2. The molecule has 3 aromatic rings. The molecule has 1 heterocycles. The van der Waals surface area contributed by atoms with Gasteiger partial charge in [-0.25, -0.2) is 0 Å². The maximum absolute atomic E-state index is 6.29. The van der Waals surface area contributed by atoms with Gasteiger partial charge in [-0.15, -0.1) is 0 Å². The lowest BCUT2D eigenvalue weighted by molar-refractivity contribution is 0.190. The van der Waals surface area contributed by atoms with Crippen molar-refractivity contribution in [3.8, 4) is 17.2 Å². The van der Waals surface area contributed by atoms with Gasteiger partial charge in [0.25, 0.3) is 0 Å². The normalized spacial score (nSPS) is 14.9. The minimum absolute atomic E-state index is 0.101. The largest absolute Gasteiger partial charge is 0.493 e. The Bertz CT molecular complexity index is 1170. The number of ether oxygens (including phenoxy) is 3. The van der Waals surface area contributed by atoms with Gasteiger partial charge in [-0.05, 0) is 89.8 Å². The smallest absolute Gasteiger partial charge is 0.174 e. The highest BCUT2D eigenvalue weighted by molar-refractivity contribution is 7.80. The molecule has 0 aliphatic carbocycles. The highest BCUT2D eigenvalue weighted by Crippen LogP contribution is 2.39. The summed E-state index contributed by atoms with van der Waals surface area (Å²) in [5.41, 5.74) is 4.50. The molecule has 0 saturated carbocycles. The minimum atomic E-state index is -0.101. The molecule has 184 valence electrons. The molecular formula is C28H31ClN2O3S. The van der Waals surface area contributed by atoms with E-state index in [9.17, 15) is 0 Å². The van der Waals surface area contributed by atoms with Gasteiger partial charge in [-0.3, -0.25) is 0 Å². The maximum Gasteiger partial charge on any atom is 0.174 e. The summed E-state index contributed by atoms with van der Waals surface area (Å²) in [4.78, 5) is 2.18. The van der Waals surface area contributed by atoms with Crippen LogP contribution in [0.4, 0.5) is 5.69 Å². The summed E-state index contributed by atoms with van der Waals surface area (Å²) in [5.74, 6) is 2.73. The van der Waals surface area contributed by atoms with Crippen LogP contribution in [0.15, 0.2) is 60.7 Å². The number of fused-ring (bicyclic) bond motifs is 1. The lowest BCUT2D eigenvalue weighted by Gasteiger charge is -2.39. The van der Waals surface area contributed by atoms with E-state index in [4.69, 9.17) is 38.0 Å². The average molecular weight is 511 g/mol.